The van der Waals surface area contributed by atoms with Gasteiger partial charge in [-0.15, -0.1) is 0 Å². The van der Waals surface area contributed by atoms with E-state index in [9.17, 15) is 13.2 Å². The quantitative estimate of drug-likeness (QED) is 0.682. The number of nitrogens with one attached hydrogen (secondary N) is 2. The first-order valence-electron chi connectivity index (χ1n) is 6.52. The summed E-state index contributed by atoms with van der Waals surface area (Å²) in [7, 11) is -3.85. The molecule has 0 atom stereocenters. The van der Waals surface area contributed by atoms with Gasteiger partial charge in [0.1, 0.15) is 0 Å². The fraction of sp³-hybridized carbons (Fsp3) is 0.909. The van der Waals surface area contributed by atoms with Crippen LogP contribution < -0.4 is 15.2 Å². The second-order valence-corrected chi connectivity index (χ2v) is 6.69. The number of nitrogens with two attached hydrogens (primary N) is 1. The summed E-state index contributed by atoms with van der Waals surface area (Å²) in [6.45, 7) is 3.60. The second kappa shape index (κ2) is 7.06. The van der Waals surface area contributed by atoms with Gasteiger partial charge >= 0.3 is 16.3 Å². The lowest BCUT2D eigenvalue weighted by Gasteiger charge is -2.26. The monoisotopic (exact) mass is 293 g/mol. The van der Waals surface area contributed by atoms with Crippen molar-refractivity contribution in [1.82, 2.24) is 9.44 Å². The van der Waals surface area contributed by atoms with E-state index >= 15 is 0 Å². The van der Waals surface area contributed by atoms with Gasteiger partial charge in [-0.05, 0) is 45.4 Å². The van der Waals surface area contributed by atoms with Crippen molar-refractivity contribution in [1.29, 1.82) is 0 Å². The van der Waals surface area contributed by atoms with Crippen LogP contribution in [0.2, 0.25) is 0 Å². The average molecular weight is 293 g/mol. The van der Waals surface area contributed by atoms with Crippen molar-refractivity contribution in [3.63, 3.8) is 0 Å². The van der Waals surface area contributed by atoms with Gasteiger partial charge < -0.3 is 10.5 Å². The summed E-state index contributed by atoms with van der Waals surface area (Å²) in [5, 5.41) is 0. The molecule has 1 amide bonds. The molecule has 4 N–H and O–H groups in total. The maximum atomic E-state index is 11.6. The minimum Gasteiger partial charge on any atom is -0.446 e. The Bertz CT molecular complexity index is 389. The first kappa shape index (κ1) is 16.2. The molecule has 0 aromatic carbocycles. The maximum absolute atomic E-state index is 11.6. The van der Waals surface area contributed by atoms with Crippen molar-refractivity contribution < 1.29 is 17.9 Å². The third-order valence-electron chi connectivity index (χ3n) is 3.01. The van der Waals surface area contributed by atoms with E-state index in [-0.39, 0.29) is 18.1 Å². The van der Waals surface area contributed by atoms with E-state index < -0.39 is 16.3 Å². The summed E-state index contributed by atoms with van der Waals surface area (Å²) >= 11 is 0. The fourth-order valence-corrected chi connectivity index (χ4v) is 2.80. The Morgan fingerprint density at radius 1 is 1.32 bits per heavy atom. The van der Waals surface area contributed by atoms with Crippen molar-refractivity contribution in [3.8, 4) is 0 Å². The summed E-state index contributed by atoms with van der Waals surface area (Å²) in [4.78, 5) is 11.2. The SMILES string of the molecule is CC(C)OC(=O)NS(=O)(=O)NCC1CCC(N)CC1. The van der Waals surface area contributed by atoms with Crippen LogP contribution in [0.3, 0.4) is 0 Å². The molecule has 0 bridgehead atoms. The van der Waals surface area contributed by atoms with E-state index in [1.54, 1.807) is 13.8 Å². The Morgan fingerprint density at radius 3 is 2.42 bits per heavy atom. The van der Waals surface area contributed by atoms with Crippen LogP contribution in [0, 0.1) is 5.92 Å². The zero-order valence-corrected chi connectivity index (χ0v) is 12.2. The smallest absolute Gasteiger partial charge is 0.422 e. The molecule has 1 rings (SSSR count). The number of ether oxygens (including phenoxy) is 1. The maximum Gasteiger partial charge on any atom is 0.422 e. The minimum absolute atomic E-state index is 0.229. The standard InChI is InChI=1S/C11H23N3O4S/c1-8(2)18-11(15)14-19(16,17)13-7-9-3-5-10(12)6-4-9/h8-10,13H,3-7,12H2,1-2H3,(H,14,15). The van der Waals surface area contributed by atoms with Crippen molar-refractivity contribution in [3.05, 3.63) is 0 Å². The van der Waals surface area contributed by atoms with Gasteiger partial charge in [0.15, 0.2) is 0 Å². The third kappa shape index (κ3) is 6.74. The van der Waals surface area contributed by atoms with Gasteiger partial charge in [0.2, 0.25) is 0 Å². The van der Waals surface area contributed by atoms with Gasteiger partial charge in [-0.2, -0.15) is 13.1 Å². The summed E-state index contributed by atoms with van der Waals surface area (Å²) in [6, 6.07) is 0.229. The molecule has 0 unspecified atom stereocenters. The van der Waals surface area contributed by atoms with E-state index in [0.717, 1.165) is 25.7 Å². The molecule has 0 heterocycles. The van der Waals surface area contributed by atoms with E-state index in [0.29, 0.717) is 6.54 Å². The van der Waals surface area contributed by atoms with Crippen LogP contribution in [0.4, 0.5) is 4.79 Å². The Balaban J connectivity index is 2.32. The molecule has 8 heteroatoms. The lowest BCUT2D eigenvalue weighted by molar-refractivity contribution is 0.121. The zero-order chi connectivity index (χ0) is 14.5. The fourth-order valence-electron chi connectivity index (χ4n) is 2.00. The van der Waals surface area contributed by atoms with E-state index in [2.05, 4.69) is 4.72 Å². The van der Waals surface area contributed by atoms with Crippen molar-refractivity contribution in [2.45, 2.75) is 51.7 Å². The molecule has 0 aliphatic heterocycles. The van der Waals surface area contributed by atoms with E-state index in [1.807, 2.05) is 4.72 Å². The molecular formula is C11H23N3O4S. The highest BCUT2D eigenvalue weighted by Gasteiger charge is 2.22. The van der Waals surface area contributed by atoms with Crippen molar-refractivity contribution in [2.24, 2.45) is 11.7 Å². The Kier molecular flexibility index (Phi) is 6.02. The summed E-state index contributed by atoms with van der Waals surface area (Å²) < 4.78 is 32.0. The predicted octanol–water partition coefficient (Wildman–Crippen LogP) is 0.473. The summed E-state index contributed by atoms with van der Waals surface area (Å²) in [5.74, 6) is 0.275. The molecule has 0 aromatic rings. The minimum atomic E-state index is -3.85. The molecule has 0 aromatic heterocycles. The summed E-state index contributed by atoms with van der Waals surface area (Å²) in [5.41, 5.74) is 5.78. The molecule has 1 aliphatic carbocycles. The van der Waals surface area contributed by atoms with Crippen LogP contribution in [0.5, 0.6) is 0 Å². The first-order chi connectivity index (χ1) is 8.78. The molecule has 0 saturated heterocycles. The highest BCUT2D eigenvalue weighted by Crippen LogP contribution is 2.22. The molecule has 0 spiro atoms. The molecule has 7 nitrogen and oxygen atoms in total. The number of carbonyl (C=O) groups excluding carboxylic acids is 1. The van der Waals surface area contributed by atoms with E-state index in [1.165, 1.54) is 0 Å². The van der Waals surface area contributed by atoms with Gasteiger partial charge in [-0.25, -0.2) is 9.52 Å². The van der Waals surface area contributed by atoms with Gasteiger partial charge in [0.25, 0.3) is 0 Å². The number of hydrogen-bond acceptors (Lipinski definition) is 5. The lowest BCUT2D eigenvalue weighted by atomic mass is 9.87. The number of amides is 1. The molecular weight excluding hydrogens is 270 g/mol. The van der Waals surface area contributed by atoms with Gasteiger partial charge in [-0.3, -0.25) is 0 Å². The zero-order valence-electron chi connectivity index (χ0n) is 11.4. The predicted molar refractivity (Wildman–Crippen MR) is 71.6 cm³/mol. The highest BCUT2D eigenvalue weighted by atomic mass is 32.2. The molecule has 19 heavy (non-hydrogen) atoms. The normalized spacial score (nSPS) is 24.2. The summed E-state index contributed by atoms with van der Waals surface area (Å²) in [6.07, 6.45) is 2.30. The van der Waals surface area contributed by atoms with Crippen LogP contribution in [-0.4, -0.2) is 33.2 Å². The van der Waals surface area contributed by atoms with Crippen molar-refractivity contribution >= 4 is 16.3 Å². The average Bonchev–Trinajstić information content (AvgIpc) is 2.26. The van der Waals surface area contributed by atoms with Crippen LogP contribution in [0.25, 0.3) is 0 Å². The van der Waals surface area contributed by atoms with Crippen LogP contribution >= 0.6 is 0 Å². The molecule has 1 aliphatic rings. The van der Waals surface area contributed by atoms with Crippen molar-refractivity contribution in [2.75, 3.05) is 6.54 Å². The first-order valence-corrected chi connectivity index (χ1v) is 8.00. The van der Waals surface area contributed by atoms with Gasteiger partial charge in [-0.1, -0.05) is 0 Å². The van der Waals surface area contributed by atoms with Gasteiger partial charge in [0, 0.05) is 12.6 Å². The van der Waals surface area contributed by atoms with Crippen LogP contribution in [0.15, 0.2) is 0 Å². The Hall–Kier alpha value is -0.860. The van der Waals surface area contributed by atoms with Gasteiger partial charge in [0.05, 0.1) is 6.10 Å². The molecule has 1 fully saturated rings. The third-order valence-corrected chi connectivity index (χ3v) is 4.00. The number of rotatable bonds is 5. The van der Waals surface area contributed by atoms with Crippen LogP contribution in [-0.2, 0) is 14.9 Å². The largest absolute Gasteiger partial charge is 0.446 e. The molecule has 0 radical (unpaired) electrons. The van der Waals surface area contributed by atoms with Crippen LogP contribution in [0.1, 0.15) is 39.5 Å². The highest BCUT2D eigenvalue weighted by molar-refractivity contribution is 7.88. The second-order valence-electron chi connectivity index (χ2n) is 5.19. The Morgan fingerprint density at radius 2 is 1.89 bits per heavy atom. The number of hydrogen-bond donors (Lipinski definition) is 3. The molecule has 1 saturated carbocycles. The topological polar surface area (TPSA) is 111 Å². The lowest BCUT2D eigenvalue weighted by Crippen LogP contribution is -2.43. The Labute approximate surface area is 114 Å². The number of carbonyl (C=O) groups is 1. The molecule has 112 valence electrons. The van der Waals surface area contributed by atoms with E-state index in [4.69, 9.17) is 10.5 Å².